The Bertz CT molecular complexity index is 563. The predicted molar refractivity (Wildman–Crippen MR) is 120 cm³/mol. The summed E-state index contributed by atoms with van der Waals surface area (Å²) in [6, 6.07) is 22.1. The average Bonchev–Trinajstić information content (AvgIpc) is 2.73. The van der Waals surface area contributed by atoms with Crippen molar-refractivity contribution >= 4 is 17.7 Å². The number of hydrogen-bond acceptors (Lipinski definition) is 1. The van der Waals surface area contributed by atoms with E-state index in [1.807, 2.05) is 0 Å². The van der Waals surface area contributed by atoms with Gasteiger partial charge in [0, 0.05) is 0 Å². The minimum absolute atomic E-state index is 0.0974. The quantitative estimate of drug-likeness (QED) is 0.306. The first-order chi connectivity index (χ1) is 13.2. The summed E-state index contributed by atoms with van der Waals surface area (Å²) in [6.45, 7) is 8.38. The van der Waals surface area contributed by atoms with E-state index in [9.17, 15) is 0 Å². The molecule has 0 saturated carbocycles. The fraction of sp³-hybridized carbons (Fsp3) is 0.520. The fourth-order valence-electron chi connectivity index (χ4n) is 3.98. The Kier molecular flexibility index (Phi) is 10.3. The van der Waals surface area contributed by atoms with Crippen molar-refractivity contribution in [1.29, 1.82) is 0 Å². The summed E-state index contributed by atoms with van der Waals surface area (Å²) < 4.78 is 0.0974. The first-order valence-corrected chi connectivity index (χ1v) is 11.0. The van der Waals surface area contributed by atoms with Crippen molar-refractivity contribution in [2.75, 3.05) is 19.6 Å². The summed E-state index contributed by atoms with van der Waals surface area (Å²) >= 11 is 2.42. The van der Waals surface area contributed by atoms with Crippen molar-refractivity contribution in [1.82, 2.24) is 4.90 Å². The molecular formula is C25H36LiN. The van der Waals surface area contributed by atoms with Gasteiger partial charge in [0.1, 0.15) is 0 Å². The maximum atomic E-state index is 2.69. The fourth-order valence-corrected chi connectivity index (χ4v) is 3.98. The summed E-state index contributed by atoms with van der Waals surface area (Å²) in [5.41, 5.74) is 2.87. The number of hydrogen-bond donors (Lipinski definition) is 0. The summed E-state index contributed by atoms with van der Waals surface area (Å²) in [5, 5.41) is 0. The van der Waals surface area contributed by atoms with Crippen LogP contribution in [0.15, 0.2) is 60.7 Å². The van der Waals surface area contributed by atoms with Gasteiger partial charge in [-0.3, -0.25) is 0 Å². The van der Waals surface area contributed by atoms with Crippen LogP contribution in [0.25, 0.3) is 0 Å². The molecule has 0 atom stereocenters. The molecule has 1 nitrogen and oxygen atoms in total. The topological polar surface area (TPSA) is 3.24 Å². The third-order valence-corrected chi connectivity index (χ3v) is 5.88. The molecule has 142 valence electrons. The standard InChI is InChI=1S/C25H36N.Li/c1-3-5-20-26(21-6-4-2)22-14-13-19-25(23-15-9-7-10-16-23)24-17-11-8-12-18-24;/h7-12,15-18H,3-6,13-14,19-22H2,1-2H3;. The number of benzene rings is 2. The van der Waals surface area contributed by atoms with Gasteiger partial charge in [0.2, 0.25) is 0 Å². The SMILES string of the molecule is [Li][C](CCCCN(CCCC)CCCC)(c1ccccc1)c1ccccc1. The molecule has 0 radical (unpaired) electrons. The summed E-state index contributed by atoms with van der Waals surface area (Å²) in [6.07, 6.45) is 9.02. The molecule has 0 spiro atoms. The molecule has 0 heterocycles. The van der Waals surface area contributed by atoms with Gasteiger partial charge in [-0.15, -0.1) is 0 Å². The number of unbranched alkanes of at least 4 members (excludes halogenated alkanes) is 3. The van der Waals surface area contributed by atoms with E-state index in [0.717, 1.165) is 0 Å². The van der Waals surface area contributed by atoms with Crippen LogP contribution < -0.4 is 0 Å². The second-order valence-corrected chi connectivity index (χ2v) is 8.07. The zero-order valence-electron chi connectivity index (χ0n) is 17.8. The van der Waals surface area contributed by atoms with Crippen LogP contribution >= 0.6 is 0 Å². The van der Waals surface area contributed by atoms with Gasteiger partial charge in [-0.25, -0.2) is 0 Å². The molecule has 0 saturated heterocycles. The van der Waals surface area contributed by atoms with Gasteiger partial charge in [0.15, 0.2) is 0 Å². The van der Waals surface area contributed by atoms with Gasteiger partial charge in [0.25, 0.3) is 0 Å². The van der Waals surface area contributed by atoms with Crippen LogP contribution in [0.1, 0.15) is 69.9 Å². The second kappa shape index (κ2) is 12.5. The number of nitrogens with zero attached hydrogens (tertiary/aromatic N) is 1. The Morgan fingerprint density at radius 3 is 1.56 bits per heavy atom. The first kappa shape index (κ1) is 22.3. The van der Waals surface area contributed by atoms with Gasteiger partial charge >= 0.3 is 177 Å². The van der Waals surface area contributed by atoms with Gasteiger partial charge in [-0.2, -0.15) is 0 Å². The predicted octanol–water partition coefficient (Wildman–Crippen LogP) is 6.17. The van der Waals surface area contributed by atoms with Crippen molar-refractivity contribution in [2.24, 2.45) is 0 Å². The van der Waals surface area contributed by atoms with Crippen molar-refractivity contribution in [3.05, 3.63) is 71.8 Å². The van der Waals surface area contributed by atoms with Crippen LogP contribution in [0, 0.1) is 0 Å². The van der Waals surface area contributed by atoms with Crippen LogP contribution in [0.2, 0.25) is 0 Å². The normalized spacial score (nSPS) is 11.9. The van der Waals surface area contributed by atoms with Crippen molar-refractivity contribution in [3.8, 4) is 0 Å². The van der Waals surface area contributed by atoms with Crippen molar-refractivity contribution < 1.29 is 0 Å². The zero-order chi connectivity index (χ0) is 19.4. The molecule has 0 aliphatic heterocycles. The average molecular weight is 358 g/mol. The Balaban J connectivity index is 1.98. The summed E-state index contributed by atoms with van der Waals surface area (Å²) in [7, 11) is 0. The molecule has 0 N–H and O–H groups in total. The Morgan fingerprint density at radius 1 is 0.667 bits per heavy atom. The first-order valence-electron chi connectivity index (χ1n) is 11.0. The third kappa shape index (κ3) is 7.15. The zero-order valence-corrected chi connectivity index (χ0v) is 17.8. The maximum absolute atomic E-state index is 2.69. The van der Waals surface area contributed by atoms with E-state index in [-0.39, 0.29) is 4.09 Å². The molecule has 0 fully saturated rings. The van der Waals surface area contributed by atoms with Crippen LogP contribution in [-0.2, 0) is 4.09 Å². The molecule has 2 rings (SSSR count). The monoisotopic (exact) mass is 357 g/mol. The molecule has 0 bridgehead atoms. The van der Waals surface area contributed by atoms with Gasteiger partial charge < -0.3 is 0 Å². The van der Waals surface area contributed by atoms with Gasteiger partial charge in [0.05, 0.1) is 0 Å². The van der Waals surface area contributed by atoms with E-state index < -0.39 is 0 Å². The molecule has 0 unspecified atom stereocenters. The van der Waals surface area contributed by atoms with E-state index in [1.165, 1.54) is 75.7 Å². The molecule has 0 aliphatic rings. The molecule has 0 aliphatic carbocycles. The van der Waals surface area contributed by atoms with Crippen molar-refractivity contribution in [3.63, 3.8) is 0 Å². The van der Waals surface area contributed by atoms with Gasteiger partial charge in [-0.1, -0.05) is 0 Å². The minimum atomic E-state index is 0.0974. The second-order valence-electron chi connectivity index (χ2n) is 8.07. The van der Waals surface area contributed by atoms with Crippen molar-refractivity contribution in [2.45, 2.75) is 62.9 Å². The van der Waals surface area contributed by atoms with E-state index in [0.29, 0.717) is 0 Å². The van der Waals surface area contributed by atoms with E-state index in [1.54, 1.807) is 0 Å². The van der Waals surface area contributed by atoms with E-state index in [2.05, 4.69) is 97.1 Å². The Morgan fingerprint density at radius 2 is 1.11 bits per heavy atom. The summed E-state index contributed by atoms with van der Waals surface area (Å²) in [4.78, 5) is 2.69. The Hall–Kier alpha value is -1.00. The molecular weight excluding hydrogens is 321 g/mol. The molecule has 2 aromatic rings. The summed E-state index contributed by atoms with van der Waals surface area (Å²) in [5.74, 6) is 0. The van der Waals surface area contributed by atoms with E-state index >= 15 is 0 Å². The van der Waals surface area contributed by atoms with Crippen LogP contribution in [0.5, 0.6) is 0 Å². The van der Waals surface area contributed by atoms with Crippen LogP contribution in [-0.4, -0.2) is 42.2 Å². The molecule has 2 aromatic carbocycles. The third-order valence-electron chi connectivity index (χ3n) is 5.88. The van der Waals surface area contributed by atoms with Gasteiger partial charge in [-0.05, 0) is 0 Å². The molecule has 27 heavy (non-hydrogen) atoms. The molecule has 0 amide bonds. The molecule has 0 aromatic heterocycles. The molecule has 2 heteroatoms. The van der Waals surface area contributed by atoms with Crippen LogP contribution in [0.3, 0.4) is 0 Å². The van der Waals surface area contributed by atoms with E-state index in [4.69, 9.17) is 0 Å². The van der Waals surface area contributed by atoms with Crippen LogP contribution in [0.4, 0.5) is 0 Å². The Labute approximate surface area is 176 Å². The number of rotatable bonds is 13.